The Bertz CT molecular complexity index is 3420. The lowest BCUT2D eigenvalue weighted by Crippen LogP contribution is -2.20. The molecule has 5 aromatic carbocycles. The van der Waals surface area contributed by atoms with Crippen LogP contribution < -0.4 is 16.4 Å². The number of ketones is 2. The minimum absolute atomic E-state index is 0. The van der Waals surface area contributed by atoms with Crippen LogP contribution in [0.4, 0.5) is 11.9 Å². The number of H-pyrrole nitrogens is 2. The molecule has 0 aliphatic carbocycles. The van der Waals surface area contributed by atoms with Crippen molar-refractivity contribution in [3.05, 3.63) is 132 Å². The van der Waals surface area contributed by atoms with E-state index in [9.17, 15) is 24.9 Å². The van der Waals surface area contributed by atoms with Gasteiger partial charge in [0.05, 0.1) is 45.0 Å². The summed E-state index contributed by atoms with van der Waals surface area (Å²) in [4.78, 5) is 45.4. The van der Waals surface area contributed by atoms with Crippen LogP contribution in [0.15, 0.2) is 65.4 Å². The lowest BCUT2D eigenvalue weighted by Gasteiger charge is -2.28. The smallest absolute Gasteiger partial charge is 0.204 e. The maximum Gasteiger partial charge on any atom is 0.204 e. The number of carbonyl (C=O) groups excluding carboxylic acids is 2. The number of rotatable bonds is 15. The van der Waals surface area contributed by atoms with Crippen molar-refractivity contribution in [2.45, 2.75) is 180 Å². The fourth-order valence-corrected chi connectivity index (χ4v) is 9.84. The zero-order valence-electron chi connectivity index (χ0n) is 54.2. The summed E-state index contributed by atoms with van der Waals surface area (Å²) >= 11 is 6.52. The van der Waals surface area contributed by atoms with Crippen molar-refractivity contribution in [1.29, 1.82) is 0 Å². The lowest BCUT2D eigenvalue weighted by atomic mass is 9.78. The zero-order chi connectivity index (χ0) is 64.8. The molecule has 478 valence electrons. The number of aromatic hydroxyl groups is 2. The number of benzene rings is 5. The number of phenolic OH excluding ortho intramolecular Hbond substituents is 2. The number of phenols is 2. The van der Waals surface area contributed by atoms with Gasteiger partial charge >= 0.3 is 0 Å². The molecule has 0 aliphatic heterocycles. The molecule has 18 heteroatoms. The number of aliphatic hydroxyl groups excluding tert-OH is 3. The van der Waals surface area contributed by atoms with Gasteiger partial charge in [-0.1, -0.05) is 106 Å². The Morgan fingerprint density at radius 1 is 0.529 bits per heavy atom. The Morgan fingerprint density at radius 3 is 1.31 bits per heavy atom. The third-order valence-electron chi connectivity index (χ3n) is 14.7. The molecule has 0 saturated heterocycles. The second-order valence-electron chi connectivity index (χ2n) is 26.2. The van der Waals surface area contributed by atoms with Crippen LogP contribution in [-0.4, -0.2) is 111 Å². The number of aromatic amines is 2. The van der Waals surface area contributed by atoms with E-state index in [0.717, 1.165) is 96.5 Å². The zero-order valence-corrected chi connectivity index (χ0v) is 57.4. The number of hydrogen-bond donors (Lipinski definition) is 10. The second-order valence-corrected chi connectivity index (χ2v) is 27.5. The summed E-state index contributed by atoms with van der Waals surface area (Å²) in [5.74, 6) is 1.96. The van der Waals surface area contributed by atoms with E-state index in [1.54, 1.807) is 0 Å². The third kappa shape index (κ3) is 21.0. The van der Waals surface area contributed by atoms with Crippen LogP contribution in [0.5, 0.6) is 11.5 Å². The maximum atomic E-state index is 13.7. The SMILES string of the molecule is C.CC(C)(C)c1cc(C(=O)CBr)cc(C(C)(C)C)c1O.Cc1cc2nc(Br)[nH]c2cc1C.Cc1cc2nc(NCCCO)[nH]c2cc1C.Cc1cc2nc(NCCCO)n(CC(=O)c3cc(C(C)(C)C)c(O)c(C(C)(C)C)c3)c2cc1C.NCCCO. The molecular weight excluding hydrogens is 1230 g/mol. The van der Waals surface area contributed by atoms with Gasteiger partial charge in [-0.05, 0) is 199 Å². The number of aromatic nitrogens is 6. The van der Waals surface area contributed by atoms with Crippen LogP contribution in [0.1, 0.15) is 186 Å². The highest BCUT2D eigenvalue weighted by atomic mass is 79.9. The minimum Gasteiger partial charge on any atom is -0.507 e. The molecule has 0 radical (unpaired) electrons. The average molecular weight is 1330 g/mol. The molecule has 3 aromatic heterocycles. The van der Waals surface area contributed by atoms with Crippen LogP contribution >= 0.6 is 31.9 Å². The minimum atomic E-state index is -0.312. The van der Waals surface area contributed by atoms with Crippen LogP contribution in [0.3, 0.4) is 0 Å². The molecule has 87 heavy (non-hydrogen) atoms. The van der Waals surface area contributed by atoms with E-state index in [2.05, 4.69) is 134 Å². The Labute approximate surface area is 534 Å². The normalized spacial score (nSPS) is 11.6. The van der Waals surface area contributed by atoms with Crippen LogP contribution in [0.25, 0.3) is 33.1 Å². The first-order valence-corrected chi connectivity index (χ1v) is 31.4. The molecule has 0 aliphatic rings. The number of carbonyl (C=O) groups is 2. The molecule has 8 rings (SSSR count). The van der Waals surface area contributed by atoms with Gasteiger partial charge in [0.25, 0.3) is 0 Å². The van der Waals surface area contributed by atoms with E-state index >= 15 is 0 Å². The monoisotopic (exact) mass is 1330 g/mol. The van der Waals surface area contributed by atoms with E-state index < -0.39 is 0 Å². The second kappa shape index (κ2) is 32.4. The molecule has 0 saturated carbocycles. The van der Waals surface area contributed by atoms with Gasteiger partial charge < -0.3 is 56.4 Å². The molecule has 8 aromatic rings. The van der Waals surface area contributed by atoms with Crippen molar-refractivity contribution in [3.63, 3.8) is 0 Å². The maximum absolute atomic E-state index is 13.7. The van der Waals surface area contributed by atoms with Crippen LogP contribution in [0.2, 0.25) is 0 Å². The van der Waals surface area contributed by atoms with E-state index in [1.807, 2.05) is 118 Å². The van der Waals surface area contributed by atoms with Gasteiger partial charge in [0.2, 0.25) is 11.9 Å². The first-order chi connectivity index (χ1) is 40.0. The predicted octanol–water partition coefficient (Wildman–Crippen LogP) is 15.1. The quantitative estimate of drug-likeness (QED) is 0.0261. The highest BCUT2D eigenvalue weighted by Crippen LogP contribution is 2.42. The highest BCUT2D eigenvalue weighted by Gasteiger charge is 2.30. The standard InChI is InChI=1S/C28H39N3O3.C16H23BrO2.C12H17N3O.C9H9BrN2.C3H9NO.CH4/c1-17-12-22-23(13-18(17)2)31(26(30-22)29-10-9-11-32)16-24(33)19-14-20(27(3,4)5)25(34)21(15-19)28(6,7)8;1-15(2,3)11-7-10(13(18)9-17)8-12(14(11)19)16(4,5)6;1-8-6-10-11(7-9(8)2)15-12(14-10)13-4-3-5-16;1-5-3-7-8(4-6(5)2)12-9(10)11-7;4-2-1-3-5;/h12-15,32,34H,9-11,16H2,1-8H3,(H,29,30);7-8,19H,9H2,1-6H3;6-7,16H,3-5H2,1-2H3,(H2,13,14,15);3-4H,1-2H3,(H,11,12);5H,1-4H2;1H4. The summed E-state index contributed by atoms with van der Waals surface area (Å²) in [6.07, 6.45) is 2.05. The summed E-state index contributed by atoms with van der Waals surface area (Å²) < 4.78 is 2.71. The summed E-state index contributed by atoms with van der Waals surface area (Å²) in [6, 6.07) is 19.8. The molecule has 3 heterocycles. The number of halogens is 2. The van der Waals surface area contributed by atoms with Crippen molar-refractivity contribution in [1.82, 2.24) is 29.5 Å². The van der Waals surface area contributed by atoms with E-state index in [-0.39, 0.29) is 72.8 Å². The summed E-state index contributed by atoms with van der Waals surface area (Å²) in [5.41, 5.74) is 21.6. The third-order valence-corrected chi connectivity index (χ3v) is 15.5. The Kier molecular flexibility index (Phi) is 27.9. The van der Waals surface area contributed by atoms with Crippen molar-refractivity contribution >= 4 is 88.4 Å². The number of nitrogens with zero attached hydrogens (tertiary/aromatic N) is 4. The first-order valence-electron chi connectivity index (χ1n) is 29.5. The molecular formula is C69H101Br2N9O7. The van der Waals surface area contributed by atoms with Crippen molar-refractivity contribution in [2.75, 3.05) is 55.4 Å². The predicted molar refractivity (Wildman–Crippen MR) is 369 cm³/mol. The number of aliphatic hydroxyl groups is 3. The molecule has 11 N–H and O–H groups in total. The molecule has 0 amide bonds. The number of alkyl halides is 1. The van der Waals surface area contributed by atoms with Gasteiger partial charge in [0.15, 0.2) is 16.3 Å². The van der Waals surface area contributed by atoms with Gasteiger partial charge in [-0.3, -0.25) is 9.59 Å². The molecule has 0 bridgehead atoms. The molecule has 16 nitrogen and oxygen atoms in total. The van der Waals surface area contributed by atoms with E-state index in [1.165, 1.54) is 22.3 Å². The molecule has 0 unspecified atom stereocenters. The lowest BCUT2D eigenvalue weighted by molar-refractivity contribution is 0.0972. The van der Waals surface area contributed by atoms with Crippen molar-refractivity contribution < 1.29 is 35.1 Å². The van der Waals surface area contributed by atoms with Gasteiger partial charge in [0, 0.05) is 66.3 Å². The number of nitrogens with two attached hydrogens (primary N) is 1. The molecule has 0 atom stereocenters. The van der Waals surface area contributed by atoms with Crippen molar-refractivity contribution in [3.8, 4) is 11.5 Å². The van der Waals surface area contributed by atoms with Gasteiger partial charge in [0.1, 0.15) is 11.5 Å². The van der Waals surface area contributed by atoms with Crippen molar-refractivity contribution in [2.24, 2.45) is 5.73 Å². The van der Waals surface area contributed by atoms with E-state index in [4.69, 9.17) is 20.9 Å². The average Bonchev–Trinajstić information content (AvgIpc) is 1.61. The largest absolute Gasteiger partial charge is 0.507 e. The highest BCUT2D eigenvalue weighted by molar-refractivity contribution is 9.10. The Morgan fingerprint density at radius 2 is 0.908 bits per heavy atom. The number of hydrogen-bond acceptors (Lipinski definition) is 13. The number of aryl methyl sites for hydroxylation is 6. The Hall–Kier alpha value is -6.15. The Balaban J connectivity index is 0.000000316. The van der Waals surface area contributed by atoms with Gasteiger partial charge in [-0.25, -0.2) is 15.0 Å². The number of Topliss-reactive ketones (excluding diaryl/α,β-unsaturated/α-hetero) is 2. The summed E-state index contributed by atoms with van der Waals surface area (Å²) in [5, 5.41) is 54.1. The molecule has 0 spiro atoms. The van der Waals surface area contributed by atoms with E-state index in [0.29, 0.717) is 47.7 Å². The van der Waals surface area contributed by atoms with Gasteiger partial charge in [-0.2, -0.15) is 0 Å². The molecule has 0 fully saturated rings. The first kappa shape index (κ1) is 75.1. The van der Waals surface area contributed by atoms with Crippen LogP contribution in [-0.2, 0) is 28.2 Å². The fourth-order valence-electron chi connectivity index (χ4n) is 9.11. The number of imidazole rings is 3. The van der Waals surface area contributed by atoms with Crippen LogP contribution in [0, 0.1) is 41.5 Å². The number of anilines is 2. The number of nitrogens with one attached hydrogen (secondary N) is 4. The summed E-state index contributed by atoms with van der Waals surface area (Å²) in [6.45, 7) is 39.5. The summed E-state index contributed by atoms with van der Waals surface area (Å²) in [7, 11) is 0. The topological polar surface area (TPSA) is 261 Å². The fraction of sp³-hybridized carbons (Fsp3) is 0.493. The number of fused-ring (bicyclic) bond motifs is 3. The van der Waals surface area contributed by atoms with Gasteiger partial charge in [-0.15, -0.1) is 0 Å².